The van der Waals surface area contributed by atoms with Crippen LogP contribution in [0.2, 0.25) is 0 Å². The average molecular weight is 181 g/mol. The predicted octanol–water partition coefficient (Wildman–Crippen LogP) is 1.41. The summed E-state index contributed by atoms with van der Waals surface area (Å²) in [5.74, 6) is 0. The van der Waals surface area contributed by atoms with Gasteiger partial charge in [-0.05, 0) is 38.1 Å². The fraction of sp³-hybridized carbons (Fsp3) is 0.700. The van der Waals surface area contributed by atoms with Gasteiger partial charge in [-0.1, -0.05) is 12.8 Å². The van der Waals surface area contributed by atoms with E-state index >= 15 is 0 Å². The monoisotopic (exact) mass is 181 g/mol. The molecule has 0 aromatic rings. The molecular weight excluding hydrogens is 162 g/mol. The molecule has 1 rings (SSSR count). The summed E-state index contributed by atoms with van der Waals surface area (Å²) in [7, 11) is 0. The van der Waals surface area contributed by atoms with Crippen molar-refractivity contribution in [3.05, 3.63) is 12.3 Å². The van der Waals surface area contributed by atoms with Gasteiger partial charge in [0.1, 0.15) is 0 Å². The van der Waals surface area contributed by atoms with Gasteiger partial charge in [0.15, 0.2) is 0 Å². The summed E-state index contributed by atoms with van der Waals surface area (Å²) in [5.41, 5.74) is 5.21. The maximum absolute atomic E-state index is 5.21. The van der Waals surface area contributed by atoms with Gasteiger partial charge in [0.25, 0.3) is 0 Å². The molecule has 0 aromatic heterocycles. The first-order chi connectivity index (χ1) is 6.43. The minimum Gasteiger partial charge on any atom is -0.405 e. The number of nitrogens with one attached hydrogen (secondary N) is 1. The molecule has 74 valence electrons. The Morgan fingerprint density at radius 1 is 1.23 bits per heavy atom. The minimum absolute atomic E-state index is 0.302. The van der Waals surface area contributed by atoms with Crippen LogP contribution in [0, 0.1) is 0 Å². The van der Waals surface area contributed by atoms with E-state index in [1.807, 2.05) is 0 Å². The van der Waals surface area contributed by atoms with Gasteiger partial charge in [-0.25, -0.2) is 0 Å². The van der Waals surface area contributed by atoms with Gasteiger partial charge in [0.05, 0.1) is 6.17 Å². The summed E-state index contributed by atoms with van der Waals surface area (Å²) in [4.78, 5) is 4.37. The first-order valence-corrected chi connectivity index (χ1v) is 5.07. The lowest BCUT2D eigenvalue weighted by molar-refractivity contribution is 0.428. The lowest BCUT2D eigenvalue weighted by Gasteiger charge is -2.17. The second-order valence-electron chi connectivity index (χ2n) is 3.36. The molecule has 0 radical (unpaired) electrons. The molecule has 1 fully saturated rings. The van der Waals surface area contributed by atoms with Crippen molar-refractivity contribution in [2.75, 3.05) is 6.54 Å². The van der Waals surface area contributed by atoms with E-state index in [-0.39, 0.29) is 0 Å². The molecule has 0 aromatic carbocycles. The van der Waals surface area contributed by atoms with E-state index in [0.717, 1.165) is 13.0 Å². The SMILES string of the molecule is N/C=C\C=N/C1CCCCCCN1. The second kappa shape index (κ2) is 6.66. The molecule has 0 spiro atoms. The zero-order chi connectivity index (χ0) is 9.36. The summed E-state index contributed by atoms with van der Waals surface area (Å²) in [6.07, 6.45) is 11.8. The Kier molecular flexibility index (Phi) is 5.25. The largest absolute Gasteiger partial charge is 0.405 e. The van der Waals surface area contributed by atoms with Crippen LogP contribution in [0.4, 0.5) is 0 Å². The van der Waals surface area contributed by atoms with Crippen molar-refractivity contribution in [1.29, 1.82) is 0 Å². The van der Waals surface area contributed by atoms with Gasteiger partial charge in [-0.2, -0.15) is 0 Å². The second-order valence-corrected chi connectivity index (χ2v) is 3.36. The van der Waals surface area contributed by atoms with Crippen LogP contribution in [0.5, 0.6) is 0 Å². The van der Waals surface area contributed by atoms with E-state index in [1.54, 1.807) is 12.3 Å². The maximum Gasteiger partial charge on any atom is 0.0994 e. The van der Waals surface area contributed by atoms with Gasteiger partial charge >= 0.3 is 0 Å². The van der Waals surface area contributed by atoms with E-state index in [0.29, 0.717) is 6.17 Å². The van der Waals surface area contributed by atoms with Crippen LogP contribution in [0.15, 0.2) is 17.3 Å². The summed E-state index contributed by atoms with van der Waals surface area (Å²) in [6.45, 7) is 1.09. The van der Waals surface area contributed by atoms with Crippen LogP contribution < -0.4 is 11.1 Å². The smallest absolute Gasteiger partial charge is 0.0994 e. The predicted molar refractivity (Wildman–Crippen MR) is 56.7 cm³/mol. The van der Waals surface area contributed by atoms with Crippen LogP contribution in [-0.4, -0.2) is 18.9 Å². The highest BCUT2D eigenvalue weighted by Crippen LogP contribution is 2.09. The highest BCUT2D eigenvalue weighted by Gasteiger charge is 2.06. The van der Waals surface area contributed by atoms with Crippen LogP contribution in [0.3, 0.4) is 0 Å². The molecular formula is C10H19N3. The topological polar surface area (TPSA) is 50.4 Å². The number of hydrogen-bond acceptors (Lipinski definition) is 3. The number of hydrogen-bond donors (Lipinski definition) is 2. The van der Waals surface area contributed by atoms with E-state index < -0.39 is 0 Å². The van der Waals surface area contributed by atoms with Crippen molar-refractivity contribution in [3.63, 3.8) is 0 Å². The summed E-state index contributed by atoms with van der Waals surface area (Å²) in [5, 5.41) is 3.41. The van der Waals surface area contributed by atoms with E-state index in [2.05, 4.69) is 10.3 Å². The molecule has 1 aliphatic rings. The van der Waals surface area contributed by atoms with Crippen molar-refractivity contribution in [1.82, 2.24) is 5.32 Å². The fourth-order valence-electron chi connectivity index (χ4n) is 1.52. The van der Waals surface area contributed by atoms with Gasteiger partial charge < -0.3 is 5.73 Å². The minimum atomic E-state index is 0.302. The Morgan fingerprint density at radius 2 is 2.08 bits per heavy atom. The van der Waals surface area contributed by atoms with Crippen molar-refractivity contribution >= 4 is 6.21 Å². The molecule has 3 nitrogen and oxygen atoms in total. The molecule has 1 heterocycles. The molecule has 13 heavy (non-hydrogen) atoms. The number of nitrogens with two attached hydrogens (primary N) is 1. The third-order valence-corrected chi connectivity index (χ3v) is 2.25. The zero-order valence-electron chi connectivity index (χ0n) is 8.08. The van der Waals surface area contributed by atoms with Gasteiger partial charge in [0.2, 0.25) is 0 Å². The highest BCUT2D eigenvalue weighted by molar-refractivity contribution is 5.70. The van der Waals surface area contributed by atoms with Crippen LogP contribution >= 0.6 is 0 Å². The van der Waals surface area contributed by atoms with Gasteiger partial charge in [-0.3, -0.25) is 10.3 Å². The Balaban J connectivity index is 2.28. The van der Waals surface area contributed by atoms with Crippen molar-refractivity contribution in [2.24, 2.45) is 10.7 Å². The highest BCUT2D eigenvalue weighted by atomic mass is 15.1. The number of rotatable bonds is 2. The van der Waals surface area contributed by atoms with E-state index in [9.17, 15) is 0 Å². The third-order valence-electron chi connectivity index (χ3n) is 2.25. The molecule has 3 N–H and O–H groups in total. The quantitative estimate of drug-likeness (QED) is 0.633. The first kappa shape index (κ1) is 10.3. The van der Waals surface area contributed by atoms with Gasteiger partial charge in [-0.15, -0.1) is 0 Å². The Bertz CT molecular complexity index is 167. The lowest BCUT2D eigenvalue weighted by Crippen LogP contribution is -2.29. The van der Waals surface area contributed by atoms with Crippen LogP contribution in [0.25, 0.3) is 0 Å². The van der Waals surface area contributed by atoms with Crippen LogP contribution in [0.1, 0.15) is 32.1 Å². The molecule has 3 heteroatoms. The molecule has 1 unspecified atom stereocenters. The van der Waals surface area contributed by atoms with E-state index in [4.69, 9.17) is 5.73 Å². The Morgan fingerprint density at radius 3 is 2.92 bits per heavy atom. The lowest BCUT2D eigenvalue weighted by atomic mass is 10.1. The summed E-state index contributed by atoms with van der Waals surface area (Å²) >= 11 is 0. The third kappa shape index (κ3) is 4.68. The number of allylic oxidation sites excluding steroid dienone is 1. The summed E-state index contributed by atoms with van der Waals surface area (Å²) in [6, 6.07) is 0. The summed E-state index contributed by atoms with van der Waals surface area (Å²) < 4.78 is 0. The Labute approximate surface area is 80.1 Å². The van der Waals surface area contributed by atoms with E-state index in [1.165, 1.54) is 31.9 Å². The normalized spacial score (nSPS) is 26.3. The molecule has 1 saturated heterocycles. The average Bonchev–Trinajstić information content (AvgIpc) is 2.08. The molecule has 0 amide bonds. The van der Waals surface area contributed by atoms with Gasteiger partial charge in [0, 0.05) is 6.21 Å². The zero-order valence-corrected chi connectivity index (χ0v) is 8.08. The maximum atomic E-state index is 5.21. The fourth-order valence-corrected chi connectivity index (χ4v) is 1.52. The van der Waals surface area contributed by atoms with Crippen molar-refractivity contribution < 1.29 is 0 Å². The van der Waals surface area contributed by atoms with Crippen molar-refractivity contribution in [3.8, 4) is 0 Å². The van der Waals surface area contributed by atoms with Crippen molar-refractivity contribution in [2.45, 2.75) is 38.3 Å². The molecule has 0 bridgehead atoms. The number of nitrogens with zero attached hydrogens (tertiary/aromatic N) is 1. The number of aliphatic imine (C=N–C) groups is 1. The van der Waals surface area contributed by atoms with Crippen LogP contribution in [-0.2, 0) is 0 Å². The molecule has 0 aliphatic carbocycles. The first-order valence-electron chi connectivity index (χ1n) is 5.07. The molecule has 1 atom stereocenters. The Hall–Kier alpha value is -0.830. The standard InChI is InChI=1S/C10H19N3/c11-7-5-9-13-10-6-3-1-2-4-8-12-10/h5,7,9-10,12H,1-4,6,8,11H2/b7-5-,13-9-. The molecule has 1 aliphatic heterocycles. The molecule has 0 saturated carbocycles.